The molecule has 0 unspecified atom stereocenters. The van der Waals surface area contributed by atoms with Gasteiger partial charge in [0.2, 0.25) is 5.91 Å². The van der Waals surface area contributed by atoms with Crippen molar-refractivity contribution in [3.05, 3.63) is 12.2 Å². The third-order valence-electron chi connectivity index (χ3n) is 7.22. The average molecular weight is 807 g/mol. The maximum atomic E-state index is 11.8. The first kappa shape index (κ1) is 48.1. The zero-order chi connectivity index (χ0) is 39.4. The molecule has 3 amide bonds. The summed E-state index contributed by atoms with van der Waals surface area (Å²) in [6, 6.07) is 0. The summed E-state index contributed by atoms with van der Waals surface area (Å²) in [7, 11) is -4.83. The van der Waals surface area contributed by atoms with Gasteiger partial charge >= 0.3 is 7.82 Å². The molecule has 1 saturated heterocycles. The molecule has 0 radical (unpaired) electrons. The molecule has 54 heavy (non-hydrogen) atoms. The quantitative estimate of drug-likeness (QED) is 0.0209. The van der Waals surface area contributed by atoms with Crippen LogP contribution in [-0.4, -0.2) is 210 Å². The zero-order valence-electron chi connectivity index (χ0n) is 30.1. The Balaban J connectivity index is 1.24. The Hall–Kier alpha value is -2.06. The molecule has 0 spiro atoms. The van der Waals surface area contributed by atoms with Crippen LogP contribution in [0, 0.1) is 0 Å². The largest absolute Gasteiger partial charge is 0.469 e. The number of hydrogen-bond donors (Lipinski definition) is 6. The molecule has 0 bridgehead atoms. The van der Waals surface area contributed by atoms with Crippen molar-refractivity contribution in [1.29, 1.82) is 0 Å². The van der Waals surface area contributed by atoms with E-state index in [1.807, 2.05) is 0 Å². The molecule has 2 aliphatic rings. The molecule has 23 heteroatoms. The average Bonchev–Trinajstić information content (AvgIpc) is 3.46. The molecular weight excluding hydrogens is 751 g/mol. The van der Waals surface area contributed by atoms with Crippen LogP contribution < -0.4 is 5.32 Å². The van der Waals surface area contributed by atoms with Crippen molar-refractivity contribution in [2.24, 2.45) is 0 Å². The maximum Gasteiger partial charge on any atom is 0.469 e. The molecule has 1 fully saturated rings. The van der Waals surface area contributed by atoms with E-state index in [0.29, 0.717) is 99.0 Å². The summed E-state index contributed by atoms with van der Waals surface area (Å²) < 4.78 is 69.0. The number of aliphatic hydroxyl groups is 3. The van der Waals surface area contributed by atoms with Crippen LogP contribution in [0.3, 0.4) is 0 Å². The minimum atomic E-state index is -4.83. The predicted molar refractivity (Wildman–Crippen MR) is 181 cm³/mol. The van der Waals surface area contributed by atoms with Gasteiger partial charge in [0.25, 0.3) is 11.8 Å². The first-order valence-corrected chi connectivity index (χ1v) is 19.0. The molecule has 0 aromatic rings. The van der Waals surface area contributed by atoms with Crippen molar-refractivity contribution in [2.75, 3.05) is 132 Å². The Morgan fingerprint density at radius 2 is 1.06 bits per heavy atom. The lowest BCUT2D eigenvalue weighted by Gasteiger charge is -2.40. The van der Waals surface area contributed by atoms with Gasteiger partial charge in [-0.05, 0) is 0 Å². The summed E-state index contributed by atoms with van der Waals surface area (Å²) in [6.45, 7) is 5.22. The number of aliphatic hydroxyl groups excluding tert-OH is 3. The molecule has 2 aliphatic heterocycles. The SMILES string of the molecule is O=C(CCN1C(=O)C=CC1=O)NCCOCCOCCOCCOCCOCCOCCOCCOCCO[C@H]1O[C@H](COP(=O)(O)O)[C@@H](O)[C@H](O)[C@@H]1O. The number of nitrogens with zero attached hydrogens (tertiary/aromatic N) is 1. The summed E-state index contributed by atoms with van der Waals surface area (Å²) >= 11 is 0. The Morgan fingerprint density at radius 1 is 0.648 bits per heavy atom. The van der Waals surface area contributed by atoms with Crippen LogP contribution >= 0.6 is 7.82 Å². The van der Waals surface area contributed by atoms with E-state index in [0.717, 1.165) is 4.90 Å². The van der Waals surface area contributed by atoms with Crippen molar-refractivity contribution >= 4 is 25.5 Å². The van der Waals surface area contributed by atoms with Crippen LogP contribution in [0.15, 0.2) is 12.2 Å². The second kappa shape index (κ2) is 29.2. The van der Waals surface area contributed by atoms with Gasteiger partial charge in [-0.1, -0.05) is 0 Å². The second-order valence-corrected chi connectivity index (χ2v) is 12.6. The summed E-state index contributed by atoms with van der Waals surface area (Å²) in [5, 5.41) is 32.6. The normalized spacial score (nSPS) is 21.7. The summed E-state index contributed by atoms with van der Waals surface area (Å²) in [6.07, 6.45) is -5.23. The van der Waals surface area contributed by atoms with Gasteiger partial charge in [-0.25, -0.2) is 4.57 Å². The first-order chi connectivity index (χ1) is 26.0. The minimum Gasteiger partial charge on any atom is -0.387 e. The lowest BCUT2D eigenvalue weighted by molar-refractivity contribution is -0.301. The van der Waals surface area contributed by atoms with Gasteiger partial charge in [0.1, 0.15) is 24.4 Å². The fourth-order valence-electron chi connectivity index (χ4n) is 4.44. The number of phosphoric acid groups is 1. The van der Waals surface area contributed by atoms with Crippen LogP contribution in [0.4, 0.5) is 0 Å². The highest BCUT2D eigenvalue weighted by Crippen LogP contribution is 2.37. The van der Waals surface area contributed by atoms with E-state index in [2.05, 4.69) is 9.84 Å². The van der Waals surface area contributed by atoms with Gasteiger partial charge in [0.05, 0.1) is 119 Å². The van der Waals surface area contributed by atoms with Gasteiger partial charge < -0.3 is 77.8 Å². The van der Waals surface area contributed by atoms with Crippen LogP contribution in [-0.2, 0) is 70.8 Å². The number of rotatable bonds is 34. The highest BCUT2D eigenvalue weighted by Gasteiger charge is 2.45. The predicted octanol–water partition coefficient (Wildman–Crippen LogP) is -3.52. The molecule has 0 aromatic heterocycles. The fourth-order valence-corrected chi connectivity index (χ4v) is 4.78. The third kappa shape index (κ3) is 22.5. The highest BCUT2D eigenvalue weighted by molar-refractivity contribution is 7.46. The van der Waals surface area contributed by atoms with Gasteiger partial charge in [-0.3, -0.25) is 23.8 Å². The van der Waals surface area contributed by atoms with Crippen molar-refractivity contribution in [2.45, 2.75) is 37.1 Å². The van der Waals surface area contributed by atoms with E-state index in [1.54, 1.807) is 0 Å². The maximum absolute atomic E-state index is 11.8. The van der Waals surface area contributed by atoms with Crippen molar-refractivity contribution in [3.8, 4) is 0 Å². The van der Waals surface area contributed by atoms with Gasteiger partial charge in [0, 0.05) is 31.7 Å². The highest BCUT2D eigenvalue weighted by atomic mass is 31.2. The number of amides is 3. The number of carbonyl (C=O) groups is 3. The summed E-state index contributed by atoms with van der Waals surface area (Å²) in [5.41, 5.74) is 0. The second-order valence-electron chi connectivity index (χ2n) is 11.3. The van der Waals surface area contributed by atoms with Gasteiger partial charge in [-0.2, -0.15) is 0 Å². The molecule has 2 heterocycles. The van der Waals surface area contributed by atoms with E-state index >= 15 is 0 Å². The van der Waals surface area contributed by atoms with E-state index in [1.165, 1.54) is 12.2 Å². The van der Waals surface area contributed by atoms with E-state index in [4.69, 9.17) is 57.2 Å². The smallest absolute Gasteiger partial charge is 0.387 e. The molecular formula is C31H55N2O20P. The molecule has 22 nitrogen and oxygen atoms in total. The summed E-state index contributed by atoms with van der Waals surface area (Å²) in [5.74, 6) is -1.10. The standard InChI is InChI=1S/C31H55N2O20P/c34-25(3-5-33-26(35)1-2-27(33)36)32-4-6-43-7-8-44-9-10-45-11-12-46-13-14-47-15-16-48-17-18-49-19-20-50-21-22-51-31-30(39)29(38)28(37)24(53-31)23-52-54(40,41)42/h1-2,24,28-31,37-39H,3-23H2,(H,32,34)(H2,40,41,42)/t24-,28-,29+,30+,31+/m1/s1. The van der Waals surface area contributed by atoms with Crippen LogP contribution in [0.2, 0.25) is 0 Å². The Morgan fingerprint density at radius 3 is 1.48 bits per heavy atom. The zero-order valence-corrected chi connectivity index (χ0v) is 31.0. The van der Waals surface area contributed by atoms with Crippen molar-refractivity contribution in [3.63, 3.8) is 0 Å². The topological polar surface area (TPSA) is 286 Å². The van der Waals surface area contributed by atoms with E-state index in [-0.39, 0.29) is 38.7 Å². The minimum absolute atomic E-state index is 0.0330. The number of phosphoric ester groups is 1. The Labute approximate surface area is 313 Å². The molecule has 0 aliphatic carbocycles. The number of nitrogens with one attached hydrogen (secondary N) is 1. The number of ether oxygens (including phenoxy) is 10. The first-order valence-electron chi connectivity index (χ1n) is 17.4. The van der Waals surface area contributed by atoms with E-state index < -0.39 is 56.9 Å². The monoisotopic (exact) mass is 806 g/mol. The lowest BCUT2D eigenvalue weighted by Crippen LogP contribution is -2.59. The molecule has 2 rings (SSSR count). The number of carbonyl (C=O) groups excluding carboxylic acids is 3. The summed E-state index contributed by atoms with van der Waals surface area (Å²) in [4.78, 5) is 53.3. The molecule has 314 valence electrons. The number of hydrogen-bond acceptors (Lipinski definition) is 18. The van der Waals surface area contributed by atoms with Crippen LogP contribution in [0.25, 0.3) is 0 Å². The van der Waals surface area contributed by atoms with E-state index in [9.17, 15) is 34.3 Å². The van der Waals surface area contributed by atoms with Crippen molar-refractivity contribution < 1.29 is 95.9 Å². The molecule has 5 atom stereocenters. The Kier molecular flexibility index (Phi) is 26.0. The van der Waals surface area contributed by atoms with Gasteiger partial charge in [-0.15, -0.1) is 0 Å². The third-order valence-corrected chi connectivity index (χ3v) is 7.71. The fraction of sp³-hybridized carbons (Fsp3) is 0.839. The molecule has 6 N–H and O–H groups in total. The van der Waals surface area contributed by atoms with Gasteiger partial charge in [0.15, 0.2) is 6.29 Å². The Bertz CT molecular complexity index is 1100. The van der Waals surface area contributed by atoms with Crippen LogP contribution in [0.1, 0.15) is 6.42 Å². The van der Waals surface area contributed by atoms with Crippen molar-refractivity contribution in [1.82, 2.24) is 10.2 Å². The number of imide groups is 1. The van der Waals surface area contributed by atoms with Crippen LogP contribution in [0.5, 0.6) is 0 Å². The molecule has 0 aromatic carbocycles. The lowest BCUT2D eigenvalue weighted by atomic mass is 9.99. The molecule has 0 saturated carbocycles.